The number of halogens is 2. The van der Waals surface area contributed by atoms with E-state index in [9.17, 15) is 13.6 Å². The van der Waals surface area contributed by atoms with Gasteiger partial charge in [-0.2, -0.15) is 5.10 Å². The zero-order valence-electron chi connectivity index (χ0n) is 24.4. The van der Waals surface area contributed by atoms with E-state index in [1.807, 2.05) is 35.2 Å². The molecule has 5 aromatic rings. The Morgan fingerprint density at radius 2 is 1.93 bits per heavy atom. The molecule has 1 saturated heterocycles. The van der Waals surface area contributed by atoms with Gasteiger partial charge >= 0.3 is 0 Å². The molecule has 1 unspecified atom stereocenters. The monoisotopic (exact) mass is 608 g/mol. The van der Waals surface area contributed by atoms with E-state index in [1.54, 1.807) is 18.0 Å². The summed E-state index contributed by atoms with van der Waals surface area (Å²) in [6.07, 6.45) is 4.37. The van der Waals surface area contributed by atoms with Crippen molar-refractivity contribution in [3.05, 3.63) is 84.3 Å². The maximum atomic E-state index is 14.7. The van der Waals surface area contributed by atoms with Gasteiger partial charge in [0, 0.05) is 54.8 Å². The van der Waals surface area contributed by atoms with Crippen LogP contribution in [0.15, 0.2) is 67.1 Å². The number of rotatable bonds is 2. The zero-order chi connectivity index (χ0) is 31.2. The first-order chi connectivity index (χ1) is 21.8. The Balaban J connectivity index is 1.28. The molecule has 1 fully saturated rings. The molecule has 45 heavy (non-hydrogen) atoms. The summed E-state index contributed by atoms with van der Waals surface area (Å²) in [5.74, 6) is -0.451. The molecule has 0 radical (unpaired) electrons. The van der Waals surface area contributed by atoms with Crippen molar-refractivity contribution < 1.29 is 13.6 Å². The van der Waals surface area contributed by atoms with Gasteiger partial charge in [-0.1, -0.05) is 18.2 Å². The minimum atomic E-state index is -0.776. The largest absolute Gasteiger partial charge is 0.398 e. The predicted molar refractivity (Wildman–Crippen MR) is 168 cm³/mol. The number of carbonyl (C=O) groups is 1. The van der Waals surface area contributed by atoms with Gasteiger partial charge in [0.15, 0.2) is 11.5 Å². The fourth-order valence-electron chi connectivity index (χ4n) is 6.28. The molecule has 0 saturated carbocycles. The highest BCUT2D eigenvalue weighted by atomic mass is 19.1. The van der Waals surface area contributed by atoms with Gasteiger partial charge in [-0.25, -0.2) is 28.4 Å². The molecule has 7 rings (SSSR count). The number of likely N-dealkylation sites (N-methyl/N-ethyl adjacent to an activating group) is 1. The molecule has 0 aliphatic carbocycles. The third-order valence-corrected chi connectivity index (χ3v) is 8.41. The van der Waals surface area contributed by atoms with Crippen LogP contribution in [0.3, 0.4) is 0 Å². The molecule has 5 heterocycles. The molecule has 4 N–H and O–H groups in total. The summed E-state index contributed by atoms with van der Waals surface area (Å²) >= 11 is 0. The average Bonchev–Trinajstić information content (AvgIpc) is 3.65. The molecule has 0 spiro atoms. The Labute approximate surface area is 257 Å². The Morgan fingerprint density at radius 3 is 2.78 bits per heavy atom. The predicted octanol–water partition coefficient (Wildman–Crippen LogP) is 4.42. The number of hydrogen-bond donors (Lipinski definition) is 3. The normalized spacial score (nSPS) is 18.8. The van der Waals surface area contributed by atoms with E-state index in [0.29, 0.717) is 77.7 Å². The Hall–Kier alpha value is -5.46. The molecular formula is C32H30F2N10O. The Kier molecular flexibility index (Phi) is 7.07. The summed E-state index contributed by atoms with van der Waals surface area (Å²) in [5.41, 5.74) is 9.77. The second-order valence-corrected chi connectivity index (χ2v) is 11.4. The minimum absolute atomic E-state index is 0.0469. The summed E-state index contributed by atoms with van der Waals surface area (Å²) in [5, 5.41) is 17.2. The number of carbonyl (C=O) groups excluding carboxylic acids is 1. The second-order valence-electron chi connectivity index (χ2n) is 11.4. The highest BCUT2D eigenvalue weighted by Crippen LogP contribution is 2.34. The number of aromatic nitrogens is 5. The van der Waals surface area contributed by atoms with Crippen molar-refractivity contribution in [2.75, 3.05) is 36.1 Å². The molecule has 1 amide bonds. The minimum Gasteiger partial charge on any atom is -0.398 e. The SMILES string of the molecule is CN1CCCC(=N)c2c(N)cccc2-c2cccc(n2)NC2C[C@@H](C1=O)N(c1ncnc3c1cnn3-c1ccc(F)cc1F)C2. The Morgan fingerprint density at radius 1 is 1.09 bits per heavy atom. The number of benzene rings is 2. The van der Waals surface area contributed by atoms with E-state index in [1.165, 1.54) is 23.3 Å². The van der Waals surface area contributed by atoms with E-state index < -0.39 is 17.7 Å². The van der Waals surface area contributed by atoms with Crippen LogP contribution in [-0.4, -0.2) is 73.5 Å². The second kappa shape index (κ2) is 11.2. The quantitative estimate of drug-likeness (QED) is 0.250. The van der Waals surface area contributed by atoms with Crippen molar-refractivity contribution in [1.29, 1.82) is 5.41 Å². The van der Waals surface area contributed by atoms with Crippen LogP contribution in [0, 0.1) is 17.0 Å². The maximum Gasteiger partial charge on any atom is 0.245 e. The third-order valence-electron chi connectivity index (χ3n) is 8.41. The molecule has 4 bridgehead atoms. The van der Waals surface area contributed by atoms with Crippen LogP contribution in [0.2, 0.25) is 0 Å². The lowest BCUT2D eigenvalue weighted by atomic mass is 9.95. The third kappa shape index (κ3) is 5.09. The number of fused-ring (bicyclic) bond motifs is 7. The first kappa shape index (κ1) is 28.3. The summed E-state index contributed by atoms with van der Waals surface area (Å²) in [4.78, 5) is 31.4. The number of pyridine rings is 1. The van der Waals surface area contributed by atoms with Gasteiger partial charge in [-0.15, -0.1) is 0 Å². The number of nitrogen functional groups attached to an aromatic ring is 1. The van der Waals surface area contributed by atoms with Crippen LogP contribution in [0.5, 0.6) is 0 Å². The molecule has 2 aliphatic heterocycles. The fraction of sp³-hybridized carbons (Fsp3) is 0.250. The fourth-order valence-corrected chi connectivity index (χ4v) is 6.28. The molecule has 2 aromatic carbocycles. The van der Waals surface area contributed by atoms with Gasteiger partial charge in [0.05, 0.1) is 17.3 Å². The number of nitrogens with one attached hydrogen (secondary N) is 2. The van der Waals surface area contributed by atoms with Gasteiger partial charge in [0.1, 0.15) is 35.5 Å². The molecular weight excluding hydrogens is 578 g/mol. The van der Waals surface area contributed by atoms with E-state index in [0.717, 1.165) is 17.7 Å². The van der Waals surface area contributed by atoms with Crippen LogP contribution >= 0.6 is 0 Å². The number of amides is 1. The van der Waals surface area contributed by atoms with E-state index in [2.05, 4.69) is 20.4 Å². The van der Waals surface area contributed by atoms with Gasteiger partial charge in [-0.3, -0.25) is 4.79 Å². The summed E-state index contributed by atoms with van der Waals surface area (Å²) < 4.78 is 29.6. The van der Waals surface area contributed by atoms with Crippen molar-refractivity contribution in [2.45, 2.75) is 31.3 Å². The van der Waals surface area contributed by atoms with Crippen LogP contribution in [0.25, 0.3) is 28.0 Å². The summed E-state index contributed by atoms with van der Waals surface area (Å²) in [6, 6.07) is 13.8. The standard InChI is InChI=1S/C32H30F2N10O/c1-42-12-4-7-24(36)29-20(5-2-6-23(29)35)25-8-3-9-28(41-25)40-19-14-27(32(42)45)43(16-19)30-21-15-39-44(31(21)38-17-37-30)26-11-10-18(33)13-22(26)34/h2-3,5-6,8-11,13,15,17,19,27,36H,4,7,12,14,16,35H2,1H3,(H,40,41)/t19?,27-/m0/s1. The maximum absolute atomic E-state index is 14.7. The molecule has 13 heteroatoms. The molecule has 11 nitrogen and oxygen atoms in total. The lowest BCUT2D eigenvalue weighted by Gasteiger charge is -2.29. The van der Waals surface area contributed by atoms with Crippen LogP contribution < -0.4 is 16.0 Å². The van der Waals surface area contributed by atoms with E-state index in [4.69, 9.17) is 16.1 Å². The number of nitrogens with zero attached hydrogens (tertiary/aromatic N) is 7. The molecule has 2 aliphatic rings. The zero-order valence-corrected chi connectivity index (χ0v) is 24.4. The number of hydrogen-bond acceptors (Lipinski definition) is 9. The summed E-state index contributed by atoms with van der Waals surface area (Å²) in [6.45, 7) is 0.866. The van der Waals surface area contributed by atoms with Crippen LogP contribution in [0.1, 0.15) is 24.8 Å². The highest BCUT2D eigenvalue weighted by Gasteiger charge is 2.40. The smallest absolute Gasteiger partial charge is 0.245 e. The molecule has 228 valence electrons. The van der Waals surface area contributed by atoms with E-state index in [-0.39, 0.29) is 17.6 Å². The highest BCUT2D eigenvalue weighted by molar-refractivity contribution is 6.08. The van der Waals surface area contributed by atoms with Gasteiger partial charge in [0.2, 0.25) is 5.91 Å². The average molecular weight is 609 g/mol. The topological polar surface area (TPSA) is 142 Å². The van der Waals surface area contributed by atoms with Crippen molar-refractivity contribution >= 4 is 40.0 Å². The van der Waals surface area contributed by atoms with Crippen molar-refractivity contribution in [1.82, 2.24) is 29.6 Å². The number of anilines is 3. The number of nitrogens with two attached hydrogens (primary N) is 1. The van der Waals surface area contributed by atoms with Crippen molar-refractivity contribution in [3.8, 4) is 16.9 Å². The lowest BCUT2D eigenvalue weighted by Crippen LogP contribution is -2.45. The first-order valence-corrected chi connectivity index (χ1v) is 14.6. The van der Waals surface area contributed by atoms with Crippen molar-refractivity contribution in [2.24, 2.45) is 0 Å². The van der Waals surface area contributed by atoms with Gasteiger partial charge in [-0.05, 0) is 49.6 Å². The summed E-state index contributed by atoms with van der Waals surface area (Å²) in [7, 11) is 1.76. The van der Waals surface area contributed by atoms with Crippen molar-refractivity contribution in [3.63, 3.8) is 0 Å². The van der Waals surface area contributed by atoms with Gasteiger partial charge < -0.3 is 26.3 Å². The molecule has 2 atom stereocenters. The van der Waals surface area contributed by atoms with Crippen LogP contribution in [-0.2, 0) is 4.79 Å². The Bertz CT molecular complexity index is 1960. The van der Waals surface area contributed by atoms with Gasteiger partial charge in [0.25, 0.3) is 0 Å². The van der Waals surface area contributed by atoms with E-state index >= 15 is 0 Å². The van der Waals surface area contributed by atoms with Crippen LogP contribution in [0.4, 0.5) is 26.1 Å². The lowest BCUT2D eigenvalue weighted by molar-refractivity contribution is -0.131. The molecule has 3 aromatic heterocycles. The first-order valence-electron chi connectivity index (χ1n) is 14.6.